The number of carbonyl (C=O) groups excluding carboxylic acids is 4. The third-order valence-electron chi connectivity index (χ3n) is 5.27. The molecular weight excluding hydrogens is 440 g/mol. The molecule has 0 spiro atoms. The predicted octanol–water partition coefficient (Wildman–Crippen LogP) is 1.59. The van der Waals surface area contributed by atoms with Gasteiger partial charge in [0.05, 0.1) is 21.7 Å². The summed E-state index contributed by atoms with van der Waals surface area (Å²) in [5.74, 6) is -0.981. The minimum Gasteiger partial charge on any atom is -0.497 e. The van der Waals surface area contributed by atoms with Gasteiger partial charge < -0.3 is 20.7 Å². The summed E-state index contributed by atoms with van der Waals surface area (Å²) in [4.78, 5) is 50.1. The summed E-state index contributed by atoms with van der Waals surface area (Å²) in [5, 5.41) is 9.09. The standard InChI is InChI=1S/C23H28N4O5Si/c1-32-17-9-5-15(6-10-17)21(26-19(28)14-27-20(29)13-24-23(27)31)22(30)25-16-7-11-18(12-8-16)33(2,3)4/h5-12,21H,13-14H2,1-4H3,(H,24,31)(H,25,30)(H,26,28). The van der Waals surface area contributed by atoms with Gasteiger partial charge in [-0.2, -0.15) is 0 Å². The maximum atomic E-state index is 13.1. The number of methoxy groups -OCH3 is 1. The van der Waals surface area contributed by atoms with Crippen molar-refractivity contribution >= 4 is 42.7 Å². The van der Waals surface area contributed by atoms with Crippen LogP contribution in [-0.2, 0) is 14.4 Å². The Morgan fingerprint density at radius 1 is 1.06 bits per heavy atom. The van der Waals surface area contributed by atoms with E-state index in [-0.39, 0.29) is 6.54 Å². The van der Waals surface area contributed by atoms with Crippen LogP contribution in [0.3, 0.4) is 0 Å². The number of nitrogens with one attached hydrogen (secondary N) is 3. The van der Waals surface area contributed by atoms with Crippen molar-refractivity contribution in [3.8, 4) is 5.75 Å². The zero-order valence-electron chi connectivity index (χ0n) is 19.1. The lowest BCUT2D eigenvalue weighted by molar-refractivity contribution is -0.131. The number of imide groups is 1. The third kappa shape index (κ3) is 5.98. The minimum absolute atomic E-state index is 0.151. The largest absolute Gasteiger partial charge is 0.497 e. The molecule has 0 bridgehead atoms. The van der Waals surface area contributed by atoms with Crippen LogP contribution in [0.1, 0.15) is 11.6 Å². The molecule has 2 aromatic carbocycles. The number of hydrogen-bond donors (Lipinski definition) is 3. The van der Waals surface area contributed by atoms with Gasteiger partial charge in [-0.3, -0.25) is 19.3 Å². The second kappa shape index (κ2) is 9.86. The highest BCUT2D eigenvalue weighted by molar-refractivity contribution is 6.88. The number of nitrogens with zero attached hydrogens (tertiary/aromatic N) is 1. The molecule has 0 saturated carbocycles. The Bertz CT molecular complexity index is 1030. The number of amides is 5. The summed E-state index contributed by atoms with van der Waals surface area (Å²) in [6.07, 6.45) is 0. The van der Waals surface area contributed by atoms with Gasteiger partial charge in [-0.1, -0.05) is 49.1 Å². The van der Waals surface area contributed by atoms with Crippen molar-refractivity contribution in [2.45, 2.75) is 25.7 Å². The molecular formula is C23H28N4O5Si. The molecule has 1 atom stereocenters. The lowest BCUT2D eigenvalue weighted by Gasteiger charge is -2.21. The zero-order chi connectivity index (χ0) is 24.2. The van der Waals surface area contributed by atoms with E-state index in [1.165, 1.54) is 12.3 Å². The van der Waals surface area contributed by atoms with Gasteiger partial charge in [-0.05, 0) is 29.8 Å². The van der Waals surface area contributed by atoms with Crippen molar-refractivity contribution < 1.29 is 23.9 Å². The SMILES string of the molecule is COc1ccc(C(NC(=O)CN2C(=O)CNC2=O)C(=O)Nc2ccc([Si](C)(C)C)cc2)cc1. The monoisotopic (exact) mass is 468 g/mol. The molecule has 1 unspecified atom stereocenters. The Balaban J connectivity index is 1.78. The molecule has 0 radical (unpaired) electrons. The molecule has 3 N–H and O–H groups in total. The number of urea groups is 1. The van der Waals surface area contributed by atoms with Gasteiger partial charge in [0.15, 0.2) is 0 Å². The molecule has 1 aliphatic heterocycles. The van der Waals surface area contributed by atoms with Crippen molar-refractivity contribution in [2.24, 2.45) is 0 Å². The Labute approximate surface area is 193 Å². The Hall–Kier alpha value is -3.66. The Morgan fingerprint density at radius 2 is 1.70 bits per heavy atom. The van der Waals surface area contributed by atoms with Crippen LogP contribution in [0.2, 0.25) is 19.6 Å². The van der Waals surface area contributed by atoms with Crippen molar-refractivity contribution in [3.05, 3.63) is 54.1 Å². The molecule has 3 rings (SSSR count). The first-order valence-corrected chi connectivity index (χ1v) is 14.0. The van der Waals surface area contributed by atoms with Crippen molar-refractivity contribution in [1.82, 2.24) is 15.5 Å². The quantitative estimate of drug-likeness (QED) is 0.402. The highest BCUT2D eigenvalue weighted by Gasteiger charge is 2.32. The molecule has 1 saturated heterocycles. The molecule has 9 nitrogen and oxygen atoms in total. The van der Waals surface area contributed by atoms with Crippen LogP contribution in [0.5, 0.6) is 5.75 Å². The smallest absolute Gasteiger partial charge is 0.325 e. The van der Waals surface area contributed by atoms with Crippen molar-refractivity contribution in [3.63, 3.8) is 0 Å². The van der Waals surface area contributed by atoms with E-state index in [9.17, 15) is 19.2 Å². The van der Waals surface area contributed by atoms with E-state index in [2.05, 4.69) is 35.6 Å². The summed E-state index contributed by atoms with van der Waals surface area (Å²) in [5.41, 5.74) is 1.13. The number of carbonyl (C=O) groups is 4. The first kappa shape index (κ1) is 24.0. The maximum Gasteiger partial charge on any atom is 0.325 e. The lowest BCUT2D eigenvalue weighted by atomic mass is 10.1. The molecule has 1 aliphatic rings. The number of hydrogen-bond acceptors (Lipinski definition) is 5. The first-order valence-electron chi connectivity index (χ1n) is 10.5. The van der Waals surface area contributed by atoms with Gasteiger partial charge in [-0.15, -0.1) is 0 Å². The van der Waals surface area contributed by atoms with Gasteiger partial charge in [-0.25, -0.2) is 4.79 Å². The second-order valence-electron chi connectivity index (χ2n) is 8.73. The molecule has 5 amide bonds. The normalized spacial score (nSPS) is 14.5. The molecule has 10 heteroatoms. The molecule has 174 valence electrons. The summed E-state index contributed by atoms with van der Waals surface area (Å²) in [6.45, 7) is 6.08. The van der Waals surface area contributed by atoms with Crippen LogP contribution in [0.15, 0.2) is 48.5 Å². The van der Waals surface area contributed by atoms with Crippen LogP contribution in [0.25, 0.3) is 0 Å². The van der Waals surface area contributed by atoms with E-state index < -0.39 is 44.4 Å². The average Bonchev–Trinajstić information content (AvgIpc) is 3.09. The molecule has 0 aliphatic carbocycles. The van der Waals surface area contributed by atoms with Crippen LogP contribution < -0.4 is 25.9 Å². The van der Waals surface area contributed by atoms with E-state index in [4.69, 9.17) is 4.74 Å². The highest BCUT2D eigenvalue weighted by atomic mass is 28.3. The molecule has 2 aromatic rings. The number of anilines is 1. The van der Waals surface area contributed by atoms with Crippen molar-refractivity contribution in [2.75, 3.05) is 25.5 Å². The summed E-state index contributed by atoms with van der Waals surface area (Å²) < 4.78 is 5.16. The molecule has 1 fully saturated rings. The van der Waals surface area contributed by atoms with Crippen LogP contribution in [0, 0.1) is 0 Å². The van der Waals surface area contributed by atoms with Gasteiger partial charge >= 0.3 is 6.03 Å². The van der Waals surface area contributed by atoms with Crippen LogP contribution in [0.4, 0.5) is 10.5 Å². The van der Waals surface area contributed by atoms with Crippen LogP contribution >= 0.6 is 0 Å². The Morgan fingerprint density at radius 3 is 2.21 bits per heavy atom. The van der Waals surface area contributed by atoms with Crippen molar-refractivity contribution in [1.29, 1.82) is 0 Å². The van der Waals surface area contributed by atoms with E-state index in [1.807, 2.05) is 24.3 Å². The fourth-order valence-corrected chi connectivity index (χ4v) is 4.50. The predicted molar refractivity (Wildman–Crippen MR) is 127 cm³/mol. The number of rotatable bonds is 8. The first-order chi connectivity index (χ1) is 15.6. The fraction of sp³-hybridized carbons (Fsp3) is 0.304. The topological polar surface area (TPSA) is 117 Å². The third-order valence-corrected chi connectivity index (χ3v) is 7.34. The second-order valence-corrected chi connectivity index (χ2v) is 13.8. The van der Waals surface area contributed by atoms with Crippen LogP contribution in [-0.4, -0.2) is 56.9 Å². The maximum absolute atomic E-state index is 13.1. The van der Waals surface area contributed by atoms with E-state index in [1.54, 1.807) is 24.3 Å². The zero-order valence-corrected chi connectivity index (χ0v) is 20.1. The summed E-state index contributed by atoms with van der Waals surface area (Å²) in [6, 6.07) is 12.7. The van der Waals surface area contributed by atoms with Gasteiger partial charge in [0.2, 0.25) is 5.91 Å². The average molecular weight is 469 g/mol. The van der Waals surface area contributed by atoms with Gasteiger partial charge in [0, 0.05) is 5.69 Å². The van der Waals surface area contributed by atoms with E-state index in [0.29, 0.717) is 17.0 Å². The van der Waals surface area contributed by atoms with Gasteiger partial charge in [0.25, 0.3) is 11.8 Å². The fourth-order valence-electron chi connectivity index (χ4n) is 3.33. The summed E-state index contributed by atoms with van der Waals surface area (Å²) in [7, 11) is 0.0537. The minimum atomic E-state index is -1.48. The molecule has 1 heterocycles. The molecule has 33 heavy (non-hydrogen) atoms. The van der Waals surface area contributed by atoms with E-state index in [0.717, 1.165) is 4.90 Å². The summed E-state index contributed by atoms with van der Waals surface area (Å²) >= 11 is 0. The lowest BCUT2D eigenvalue weighted by Crippen LogP contribution is -2.44. The Kier molecular flexibility index (Phi) is 7.17. The number of ether oxygens (including phenoxy) is 1. The van der Waals surface area contributed by atoms with Gasteiger partial charge in [0.1, 0.15) is 18.3 Å². The highest BCUT2D eigenvalue weighted by Crippen LogP contribution is 2.20. The molecule has 0 aromatic heterocycles. The number of benzene rings is 2. The van der Waals surface area contributed by atoms with E-state index >= 15 is 0 Å².